The van der Waals surface area contributed by atoms with Gasteiger partial charge in [0.05, 0.1) is 7.11 Å². The number of rotatable bonds is 7. The SMILES string of the molecule is CNc1ccc(-c2ccc(NC(=O)C3CCCN3C(=O)C(NC(=O)OC)c3ccccc3)cc2F)c(F)c1. The van der Waals surface area contributed by atoms with Gasteiger partial charge in [0.1, 0.15) is 23.7 Å². The molecule has 3 amide bonds. The predicted molar refractivity (Wildman–Crippen MR) is 139 cm³/mol. The quantitative estimate of drug-likeness (QED) is 0.418. The van der Waals surface area contributed by atoms with Crippen LogP contribution in [0.5, 0.6) is 0 Å². The topological polar surface area (TPSA) is 99.8 Å². The lowest BCUT2D eigenvalue weighted by molar-refractivity contribution is -0.138. The molecule has 3 aromatic carbocycles. The molecular weight excluding hydrogens is 494 g/mol. The van der Waals surface area contributed by atoms with Gasteiger partial charge in [0.25, 0.3) is 5.91 Å². The number of halogens is 2. The van der Waals surface area contributed by atoms with Gasteiger partial charge in [0, 0.05) is 36.1 Å². The minimum absolute atomic E-state index is 0.0559. The predicted octanol–water partition coefficient (Wildman–Crippen LogP) is 4.70. The number of benzene rings is 3. The second kappa shape index (κ2) is 11.7. The first-order valence-corrected chi connectivity index (χ1v) is 12.1. The summed E-state index contributed by atoms with van der Waals surface area (Å²) < 4.78 is 34.1. The minimum atomic E-state index is -1.04. The van der Waals surface area contributed by atoms with Gasteiger partial charge in [-0.2, -0.15) is 0 Å². The molecule has 0 bridgehead atoms. The lowest BCUT2D eigenvalue weighted by atomic mass is 10.0. The molecule has 1 saturated heterocycles. The number of hydrogen-bond donors (Lipinski definition) is 3. The van der Waals surface area contributed by atoms with E-state index in [0.29, 0.717) is 30.6 Å². The van der Waals surface area contributed by atoms with Crippen molar-refractivity contribution in [3.05, 3.63) is 83.9 Å². The fourth-order valence-electron chi connectivity index (χ4n) is 4.50. The number of nitrogens with zero attached hydrogens (tertiary/aromatic N) is 1. The summed E-state index contributed by atoms with van der Waals surface area (Å²) in [7, 11) is 2.85. The summed E-state index contributed by atoms with van der Waals surface area (Å²) in [6.45, 7) is 0.318. The van der Waals surface area contributed by atoms with Crippen molar-refractivity contribution in [3.8, 4) is 11.1 Å². The Labute approximate surface area is 219 Å². The van der Waals surface area contributed by atoms with Crippen molar-refractivity contribution in [3.63, 3.8) is 0 Å². The number of hydrogen-bond acceptors (Lipinski definition) is 5. The lowest BCUT2D eigenvalue weighted by Crippen LogP contribution is -2.48. The van der Waals surface area contributed by atoms with E-state index >= 15 is 0 Å². The highest BCUT2D eigenvalue weighted by Gasteiger charge is 2.38. The number of amides is 3. The van der Waals surface area contributed by atoms with Gasteiger partial charge < -0.3 is 25.6 Å². The largest absolute Gasteiger partial charge is 0.453 e. The standard InChI is InChI=1S/C28H28F2N4O4/c1-31-18-10-12-20(22(29)15-18)21-13-11-19(16-23(21)30)32-26(35)24-9-6-14-34(24)27(36)25(33-28(37)38-2)17-7-4-3-5-8-17/h3-5,7-8,10-13,15-16,24-25,31H,6,9,14H2,1-2H3,(H,32,35)(H,33,37). The van der Waals surface area contributed by atoms with Gasteiger partial charge >= 0.3 is 6.09 Å². The van der Waals surface area contributed by atoms with Crippen molar-refractivity contribution < 1.29 is 27.9 Å². The number of nitrogens with one attached hydrogen (secondary N) is 3. The lowest BCUT2D eigenvalue weighted by Gasteiger charge is -2.28. The van der Waals surface area contributed by atoms with Crippen LogP contribution in [0.4, 0.5) is 25.0 Å². The van der Waals surface area contributed by atoms with Crippen LogP contribution in [0.1, 0.15) is 24.4 Å². The first-order valence-electron chi connectivity index (χ1n) is 12.1. The summed E-state index contributed by atoms with van der Waals surface area (Å²) in [6, 6.07) is 15.2. The Kier molecular flexibility index (Phi) is 8.20. The molecule has 8 nitrogen and oxygen atoms in total. The molecule has 1 aliphatic rings. The number of alkyl carbamates (subject to hydrolysis) is 1. The van der Waals surface area contributed by atoms with E-state index < -0.39 is 41.6 Å². The monoisotopic (exact) mass is 522 g/mol. The second-order valence-corrected chi connectivity index (χ2v) is 8.80. The van der Waals surface area contributed by atoms with E-state index in [2.05, 4.69) is 20.7 Å². The molecule has 0 spiro atoms. The molecule has 3 aromatic rings. The molecule has 3 N–H and O–H groups in total. The third-order valence-electron chi connectivity index (χ3n) is 6.45. The van der Waals surface area contributed by atoms with Gasteiger partial charge in [-0.05, 0) is 54.8 Å². The number of ether oxygens (including phenoxy) is 1. The van der Waals surface area contributed by atoms with Crippen LogP contribution in [0.15, 0.2) is 66.7 Å². The Bertz CT molecular complexity index is 1340. The molecule has 1 heterocycles. The first-order chi connectivity index (χ1) is 18.3. The summed E-state index contributed by atoms with van der Waals surface area (Å²) >= 11 is 0. The normalized spacial score (nSPS) is 15.5. The van der Waals surface area contributed by atoms with E-state index in [1.54, 1.807) is 43.4 Å². The van der Waals surface area contributed by atoms with Crippen LogP contribution >= 0.6 is 0 Å². The molecule has 2 atom stereocenters. The first kappa shape index (κ1) is 26.6. The van der Waals surface area contributed by atoms with Crippen LogP contribution in [0, 0.1) is 11.6 Å². The van der Waals surface area contributed by atoms with E-state index in [4.69, 9.17) is 0 Å². The van der Waals surface area contributed by atoms with Crippen LogP contribution < -0.4 is 16.0 Å². The number of likely N-dealkylation sites (tertiary alicyclic amines) is 1. The van der Waals surface area contributed by atoms with Crippen molar-refractivity contribution in [2.75, 3.05) is 31.3 Å². The molecule has 10 heteroatoms. The van der Waals surface area contributed by atoms with Gasteiger partial charge in [0.2, 0.25) is 5.91 Å². The molecule has 0 aliphatic carbocycles. The van der Waals surface area contributed by atoms with E-state index in [1.807, 2.05) is 0 Å². The average Bonchev–Trinajstić information content (AvgIpc) is 3.42. The van der Waals surface area contributed by atoms with E-state index in [1.165, 1.54) is 36.3 Å². The molecule has 0 radical (unpaired) electrons. The van der Waals surface area contributed by atoms with Gasteiger partial charge in [-0.3, -0.25) is 9.59 Å². The summed E-state index contributed by atoms with van der Waals surface area (Å²) in [5.41, 5.74) is 1.43. The van der Waals surface area contributed by atoms with Gasteiger partial charge in [-0.15, -0.1) is 0 Å². The highest BCUT2D eigenvalue weighted by molar-refractivity contribution is 5.99. The van der Waals surface area contributed by atoms with Crippen molar-refractivity contribution >= 4 is 29.3 Å². The Balaban J connectivity index is 1.51. The highest BCUT2D eigenvalue weighted by Crippen LogP contribution is 2.30. The van der Waals surface area contributed by atoms with Crippen molar-refractivity contribution in [1.82, 2.24) is 10.2 Å². The fourth-order valence-corrected chi connectivity index (χ4v) is 4.50. The summed E-state index contributed by atoms with van der Waals surface area (Å²) in [6.07, 6.45) is 0.208. The maximum atomic E-state index is 14.9. The summed E-state index contributed by atoms with van der Waals surface area (Å²) in [5.74, 6) is -2.23. The van der Waals surface area contributed by atoms with E-state index in [0.717, 1.165) is 6.07 Å². The zero-order valence-corrected chi connectivity index (χ0v) is 21.0. The molecule has 38 heavy (non-hydrogen) atoms. The second-order valence-electron chi connectivity index (χ2n) is 8.80. The molecule has 198 valence electrons. The maximum absolute atomic E-state index is 14.9. The number of methoxy groups -OCH3 is 1. The van der Waals surface area contributed by atoms with Crippen molar-refractivity contribution in [1.29, 1.82) is 0 Å². The number of carbonyl (C=O) groups is 3. The third-order valence-corrected chi connectivity index (χ3v) is 6.45. The Morgan fingerprint density at radius 1 is 0.947 bits per heavy atom. The van der Waals surface area contributed by atoms with E-state index in [-0.39, 0.29) is 16.8 Å². The highest BCUT2D eigenvalue weighted by atomic mass is 19.1. The molecule has 0 saturated carbocycles. The number of anilines is 2. The molecule has 1 aliphatic heterocycles. The smallest absolute Gasteiger partial charge is 0.407 e. The number of carbonyl (C=O) groups excluding carboxylic acids is 3. The van der Waals surface area contributed by atoms with Crippen molar-refractivity contribution in [2.24, 2.45) is 0 Å². The van der Waals surface area contributed by atoms with Crippen LogP contribution in [0.2, 0.25) is 0 Å². The van der Waals surface area contributed by atoms with Crippen LogP contribution in [-0.4, -0.2) is 49.6 Å². The van der Waals surface area contributed by atoms with Gasteiger partial charge in [-0.1, -0.05) is 30.3 Å². The molecule has 4 rings (SSSR count). The summed E-state index contributed by atoms with van der Waals surface area (Å²) in [5, 5.41) is 8.03. The zero-order valence-electron chi connectivity index (χ0n) is 21.0. The molecular formula is C28H28F2N4O4. The Morgan fingerprint density at radius 2 is 1.58 bits per heavy atom. The van der Waals surface area contributed by atoms with Gasteiger partial charge in [0.15, 0.2) is 0 Å². The Morgan fingerprint density at radius 3 is 2.18 bits per heavy atom. The Hall–Kier alpha value is -4.47. The zero-order chi connectivity index (χ0) is 27.2. The molecule has 2 unspecified atom stereocenters. The van der Waals surface area contributed by atoms with Crippen molar-refractivity contribution in [2.45, 2.75) is 24.9 Å². The van der Waals surface area contributed by atoms with Crippen LogP contribution in [-0.2, 0) is 14.3 Å². The third kappa shape index (κ3) is 5.74. The van der Waals surface area contributed by atoms with Crippen LogP contribution in [0.25, 0.3) is 11.1 Å². The van der Waals surface area contributed by atoms with E-state index in [9.17, 15) is 23.2 Å². The van der Waals surface area contributed by atoms with Crippen LogP contribution in [0.3, 0.4) is 0 Å². The maximum Gasteiger partial charge on any atom is 0.407 e. The van der Waals surface area contributed by atoms with Gasteiger partial charge in [-0.25, -0.2) is 13.6 Å². The fraction of sp³-hybridized carbons (Fsp3) is 0.250. The average molecular weight is 523 g/mol. The minimum Gasteiger partial charge on any atom is -0.453 e. The summed E-state index contributed by atoms with van der Waals surface area (Å²) in [4.78, 5) is 40.0. The molecule has 1 fully saturated rings. The molecule has 0 aromatic heterocycles.